The monoisotopic (exact) mass is 950 g/mol. The summed E-state index contributed by atoms with van der Waals surface area (Å²) >= 11 is 0. The van der Waals surface area contributed by atoms with Crippen molar-refractivity contribution in [1.82, 2.24) is 14.1 Å². The summed E-state index contributed by atoms with van der Waals surface area (Å²) in [5.74, 6) is 1.05. The third-order valence-electron chi connectivity index (χ3n) is 13.1. The Bertz CT molecular complexity index is 5370. The van der Waals surface area contributed by atoms with E-state index in [9.17, 15) is 35.6 Å². The molecule has 0 spiro atoms. The van der Waals surface area contributed by atoms with E-state index in [4.69, 9.17) is 13.8 Å². The van der Waals surface area contributed by atoms with E-state index in [1.54, 1.807) is 24.4 Å². The first-order valence-corrected chi connectivity index (χ1v) is 22.6. The molecule has 0 aliphatic heterocycles. The minimum absolute atomic E-state index is 0.0312. The van der Waals surface area contributed by atoms with Gasteiger partial charge in [0.05, 0.1) is 51.3 Å². The van der Waals surface area contributed by atoms with Crippen LogP contribution in [0.2, 0.25) is 0 Å². The molecule has 3 aromatic heterocycles. The molecule has 2 aliphatic rings. The molecular weight excluding hydrogens is 865 g/mol. The normalized spacial score (nSPS) is 22.5. The summed E-state index contributed by atoms with van der Waals surface area (Å²) in [7, 11) is 0. The van der Waals surface area contributed by atoms with Crippen molar-refractivity contribution < 1.29 is 49.1 Å². The van der Waals surface area contributed by atoms with Crippen molar-refractivity contribution in [3.05, 3.63) is 211 Å². The number of fused-ring (bicyclic) bond motifs is 13. The maximum atomic E-state index is 10.8. The maximum absolute atomic E-state index is 10.8. The first-order valence-electron chi connectivity index (χ1n) is 37.1. The molecule has 5 nitrogen and oxygen atoms in total. The molecule has 11 aromatic rings. The van der Waals surface area contributed by atoms with Gasteiger partial charge in [0.15, 0.2) is 0 Å². The molecule has 8 aromatic carbocycles. The average Bonchev–Trinajstić information content (AvgIpc) is 0.660. The van der Waals surface area contributed by atoms with Crippen LogP contribution in [0.1, 0.15) is 117 Å². The zero-order valence-electron chi connectivity index (χ0n) is 67.1. The molecule has 5 heteroatoms. The highest BCUT2D eigenvalue weighted by atomic mass is 16.5. The smallest absolute Gasteiger partial charge is 0.269 e. The summed E-state index contributed by atoms with van der Waals surface area (Å²) < 4.78 is 289. The molecule has 0 saturated heterocycles. The van der Waals surface area contributed by atoms with E-state index in [-0.39, 0.29) is 27.9 Å². The fourth-order valence-electron chi connectivity index (χ4n) is 9.80. The van der Waals surface area contributed by atoms with E-state index in [2.05, 4.69) is 27.1 Å². The molecule has 0 amide bonds. The van der Waals surface area contributed by atoms with E-state index in [0.717, 1.165) is 26.4 Å². The molecule has 3 heterocycles. The van der Waals surface area contributed by atoms with Gasteiger partial charge in [-0.3, -0.25) is 13.7 Å². The number of imidazole rings is 1. The Morgan fingerprint density at radius 2 is 1.25 bits per heavy atom. The van der Waals surface area contributed by atoms with Gasteiger partial charge in [0.2, 0.25) is 0 Å². The van der Waals surface area contributed by atoms with Crippen LogP contribution in [0.5, 0.6) is 11.5 Å². The lowest BCUT2D eigenvalue weighted by atomic mass is 9.61. The largest absolute Gasteiger partial charge is 0.458 e. The van der Waals surface area contributed by atoms with Gasteiger partial charge >= 0.3 is 0 Å². The number of nitrogens with zero attached hydrogens (tertiary/aromatic N) is 4. The van der Waals surface area contributed by atoms with Gasteiger partial charge in [0.25, 0.3) is 6.33 Å². The van der Waals surface area contributed by atoms with Gasteiger partial charge in [-0.15, -0.1) is 0 Å². The summed E-state index contributed by atoms with van der Waals surface area (Å²) in [6.07, 6.45) is -4.94. The van der Waals surface area contributed by atoms with Gasteiger partial charge in [-0.05, 0) is 133 Å². The molecule has 0 radical (unpaired) electrons. The summed E-state index contributed by atoms with van der Waals surface area (Å²) in [4.78, 5) is 4.78. The van der Waals surface area contributed by atoms with Crippen LogP contribution in [0.4, 0.5) is 0 Å². The molecule has 0 fully saturated rings. The summed E-state index contributed by atoms with van der Waals surface area (Å²) in [6, 6.07) is 13.1. The number of para-hydroxylation sites is 3. The third kappa shape index (κ3) is 6.81. The van der Waals surface area contributed by atoms with Crippen molar-refractivity contribution in [2.24, 2.45) is 0 Å². The number of rotatable bonds is 5. The number of hydrogen-bond donors (Lipinski definition) is 0. The molecule has 13 rings (SSSR count). The zero-order valence-corrected chi connectivity index (χ0v) is 38.1. The lowest BCUT2D eigenvalue weighted by Gasteiger charge is -2.44. The van der Waals surface area contributed by atoms with Crippen LogP contribution in [0.15, 0.2) is 188 Å². The molecule has 2 aliphatic carbocycles. The predicted molar refractivity (Wildman–Crippen MR) is 292 cm³/mol. The molecule has 346 valence electrons. The molecular formula is C66H56N4O. The van der Waals surface area contributed by atoms with Crippen molar-refractivity contribution in [2.75, 3.05) is 0 Å². The van der Waals surface area contributed by atoms with Crippen LogP contribution in [-0.2, 0) is 16.2 Å². The van der Waals surface area contributed by atoms with E-state index in [0.29, 0.717) is 17.1 Å². The first kappa shape index (κ1) is 22.4. The molecule has 0 unspecified atom stereocenters. The van der Waals surface area contributed by atoms with E-state index < -0.39 is 191 Å². The Morgan fingerprint density at radius 3 is 1.97 bits per heavy atom. The van der Waals surface area contributed by atoms with Gasteiger partial charge in [-0.1, -0.05) is 175 Å². The zero-order chi connectivity index (χ0) is 73.3. The lowest BCUT2D eigenvalue weighted by Crippen LogP contribution is -2.41. The standard InChI is InChI=1S/C66H56N4O/c1-64(2,3)42-33-36-67-60(37-42)70-56-28-15-14-26-51(56)52-32-31-45(39-59(52)70)71-44-20-18-19-43(38-44)68-41-69(58-30-17-16-29-57(58)68)63-61-53-27-13-12-24-49(53)47-22-9-8-21-46(47)48-23-10-11-25-50(48)54(61)40-55-62(63)66(6,7)35-34-65(55,4)5/h8-33,36-40H,34-35H2,1-7H3/i4D3,5D3,6D3,7D3,8D,9D,10D,11D,12D,13D,21D,22D,23D,24D,25D,27D,34D2,35D2,40D. The minimum Gasteiger partial charge on any atom is -0.458 e. The van der Waals surface area contributed by atoms with Gasteiger partial charge in [-0.2, -0.15) is 0 Å². The van der Waals surface area contributed by atoms with Crippen LogP contribution < -0.4 is 9.30 Å². The summed E-state index contributed by atoms with van der Waals surface area (Å²) in [5.41, 5.74) is -20.7. The number of ether oxygens (including phenoxy) is 1. The number of aromatic nitrogens is 4. The molecule has 0 bridgehead atoms. The maximum Gasteiger partial charge on any atom is 0.269 e. The quantitative estimate of drug-likeness (QED) is 0.127. The summed E-state index contributed by atoms with van der Waals surface area (Å²) in [6.45, 7) is -12.1. The van der Waals surface area contributed by atoms with Gasteiger partial charge < -0.3 is 4.74 Å². The highest BCUT2D eigenvalue weighted by Gasteiger charge is 2.42. The SMILES string of the molecule is [2H]c1c([2H])c([2H])c2c(c1[2H])-c1c([2H])c([2H])c([2H])c([2H])c1-c1c([2H])c3c(c(-[n+]4[c-]n(-c5cccc(Oc6ccc7c8ccccc8n(-c8cc(C(C)(C)C)ccn8)c7c6)c5)c5ccccc54)c1-c1c([2H])c([2H])c([2H])c([2H])c1-2)C(C([2H])([2H])[2H])(C([2H])([2H])[2H])C([2H])([2H])C([2H])([2H])C3(C([2H])([2H])[2H])C([2H])([2H])[2H]. The fourth-order valence-corrected chi connectivity index (χ4v) is 9.80. The molecule has 0 N–H and O–H groups in total. The van der Waals surface area contributed by atoms with Gasteiger partial charge in [0, 0.05) is 50.5 Å². The van der Waals surface area contributed by atoms with Gasteiger partial charge in [-0.25, -0.2) is 4.98 Å². The van der Waals surface area contributed by atoms with Crippen LogP contribution >= 0.6 is 0 Å². The predicted octanol–water partition coefficient (Wildman–Crippen LogP) is 16.6. The second-order valence-corrected chi connectivity index (χ2v) is 18.5. The Hall–Kier alpha value is -8.02. The molecule has 0 saturated carbocycles. The van der Waals surface area contributed by atoms with Crippen LogP contribution in [-0.4, -0.2) is 14.1 Å². The van der Waals surface area contributed by atoms with Crippen molar-refractivity contribution in [1.29, 1.82) is 0 Å². The number of pyridine rings is 1. The number of hydrogen-bond acceptors (Lipinski definition) is 2. The Balaban J connectivity index is 1.25. The third-order valence-corrected chi connectivity index (χ3v) is 13.1. The summed E-state index contributed by atoms with van der Waals surface area (Å²) in [5, 5.41) is 1.76. The molecule has 71 heavy (non-hydrogen) atoms. The van der Waals surface area contributed by atoms with Crippen molar-refractivity contribution >= 4 is 32.8 Å². The van der Waals surface area contributed by atoms with Crippen molar-refractivity contribution in [3.8, 4) is 73.2 Å². The van der Waals surface area contributed by atoms with Crippen LogP contribution in [0.25, 0.3) is 94.5 Å². The topological polar surface area (TPSA) is 35.9 Å². The first-order chi connectivity index (χ1) is 46.3. The van der Waals surface area contributed by atoms with Crippen molar-refractivity contribution in [3.63, 3.8) is 0 Å². The van der Waals surface area contributed by atoms with Crippen LogP contribution in [0, 0.1) is 6.33 Å². The second kappa shape index (κ2) is 15.7. The van der Waals surface area contributed by atoms with E-state index in [1.165, 1.54) is 41.0 Å². The average molecular weight is 950 g/mol. The fraction of sp³-hybridized carbons (Fsp3) is 0.182. The minimum atomic E-state index is -4.86. The highest BCUT2D eigenvalue weighted by molar-refractivity contribution is 6.10. The number of benzene rings is 8. The Morgan fingerprint density at radius 1 is 0.634 bits per heavy atom. The Labute approximate surface area is 457 Å². The van der Waals surface area contributed by atoms with Crippen LogP contribution in [0.3, 0.4) is 0 Å². The van der Waals surface area contributed by atoms with E-state index >= 15 is 0 Å². The highest BCUT2D eigenvalue weighted by Crippen LogP contribution is 2.56. The lowest BCUT2D eigenvalue weighted by molar-refractivity contribution is -0.572. The second-order valence-electron chi connectivity index (χ2n) is 18.5. The van der Waals surface area contributed by atoms with E-state index in [1.807, 2.05) is 53.1 Å². The Kier molecular flexibility index (Phi) is 4.96. The molecule has 0 atom stereocenters. The van der Waals surface area contributed by atoms with Gasteiger partial charge in [0.1, 0.15) is 17.3 Å². The van der Waals surface area contributed by atoms with Crippen molar-refractivity contribution in [2.45, 2.75) is 77.2 Å².